The van der Waals surface area contributed by atoms with Crippen LogP contribution < -0.4 is 0 Å². The van der Waals surface area contributed by atoms with E-state index in [1.807, 2.05) is 0 Å². The maximum atomic E-state index is 2.46. The Hall–Kier alpha value is 0.480. The van der Waals surface area contributed by atoms with Crippen LogP contribution in [0, 0.1) is 0 Å². The maximum absolute atomic E-state index is 2.46. The SMILES string of the molecule is CCCCSc1ccc(C[P+](CCCC)(CCCC)CCCC)s1. The first-order chi connectivity index (χ1) is 11.7. The molecular formula is C21H40PS2+. The number of unbranched alkanes of at least 4 members (excludes halogenated alkanes) is 4. The van der Waals surface area contributed by atoms with Gasteiger partial charge in [-0.3, -0.25) is 0 Å². The summed E-state index contributed by atoms with van der Waals surface area (Å²) >= 11 is 4.18. The molecule has 0 amide bonds. The van der Waals surface area contributed by atoms with Gasteiger partial charge in [0.25, 0.3) is 0 Å². The summed E-state index contributed by atoms with van der Waals surface area (Å²) in [4.78, 5) is 1.69. The van der Waals surface area contributed by atoms with Crippen LogP contribution >= 0.6 is 30.4 Å². The Morgan fingerprint density at radius 2 is 1.33 bits per heavy atom. The van der Waals surface area contributed by atoms with Crippen LogP contribution in [0.1, 0.15) is 83.9 Å². The standard InChI is InChI=1S/C21H40PS2/c1-5-9-15-22(16-10-6-2,17-11-7-3)19-20-13-14-21(24-20)23-18-12-8-4/h13-14H,5-12,15-19H2,1-4H3/q+1. The Morgan fingerprint density at radius 1 is 0.792 bits per heavy atom. The Kier molecular flexibility index (Phi) is 12.8. The molecule has 24 heavy (non-hydrogen) atoms. The number of thiophene rings is 1. The number of rotatable bonds is 15. The molecule has 0 saturated carbocycles. The van der Waals surface area contributed by atoms with Crippen molar-refractivity contribution in [1.82, 2.24) is 0 Å². The fourth-order valence-electron chi connectivity index (χ4n) is 3.22. The third-order valence-corrected chi connectivity index (χ3v) is 12.2. The van der Waals surface area contributed by atoms with Gasteiger partial charge >= 0.3 is 0 Å². The molecule has 0 radical (unpaired) electrons. The van der Waals surface area contributed by atoms with Gasteiger partial charge < -0.3 is 0 Å². The van der Waals surface area contributed by atoms with Crippen molar-refractivity contribution in [3.05, 3.63) is 17.0 Å². The average Bonchev–Trinajstić information content (AvgIpc) is 3.03. The lowest BCUT2D eigenvalue weighted by Crippen LogP contribution is -2.11. The van der Waals surface area contributed by atoms with E-state index in [-0.39, 0.29) is 0 Å². The van der Waals surface area contributed by atoms with Gasteiger partial charge in [0.1, 0.15) is 0 Å². The summed E-state index contributed by atoms with van der Waals surface area (Å²) in [5.41, 5.74) is 0. The highest BCUT2D eigenvalue weighted by Gasteiger charge is 2.36. The molecule has 1 aromatic rings. The van der Waals surface area contributed by atoms with Crippen LogP contribution in [0.2, 0.25) is 0 Å². The van der Waals surface area contributed by atoms with Gasteiger partial charge in [0.05, 0.1) is 28.9 Å². The van der Waals surface area contributed by atoms with Crippen LogP contribution in [0.3, 0.4) is 0 Å². The van der Waals surface area contributed by atoms with Crippen LogP contribution in [-0.4, -0.2) is 24.2 Å². The van der Waals surface area contributed by atoms with Crippen molar-refractivity contribution in [1.29, 1.82) is 0 Å². The first-order valence-electron chi connectivity index (χ1n) is 10.3. The van der Waals surface area contributed by atoms with Crippen LogP contribution in [0.5, 0.6) is 0 Å². The van der Waals surface area contributed by atoms with E-state index in [4.69, 9.17) is 0 Å². The number of hydrogen-bond acceptors (Lipinski definition) is 2. The van der Waals surface area contributed by atoms with Crippen LogP contribution in [0.15, 0.2) is 16.3 Å². The first-order valence-corrected chi connectivity index (χ1v) is 14.6. The monoisotopic (exact) mass is 387 g/mol. The largest absolute Gasteiger partial charge is 0.130 e. The molecule has 3 heteroatoms. The molecule has 0 aliphatic rings. The van der Waals surface area contributed by atoms with Crippen molar-refractivity contribution in [3.63, 3.8) is 0 Å². The van der Waals surface area contributed by atoms with Crippen LogP contribution in [-0.2, 0) is 6.16 Å². The van der Waals surface area contributed by atoms with E-state index >= 15 is 0 Å². The normalized spacial score (nSPS) is 12.0. The summed E-state index contributed by atoms with van der Waals surface area (Å²) in [6, 6.07) is 4.85. The Morgan fingerprint density at radius 3 is 1.83 bits per heavy atom. The van der Waals surface area contributed by atoms with E-state index in [1.165, 1.54) is 63.3 Å². The summed E-state index contributed by atoms with van der Waals surface area (Å²) < 4.78 is 1.55. The molecule has 140 valence electrons. The zero-order chi connectivity index (χ0) is 17.7. The first kappa shape index (κ1) is 22.5. The fourth-order valence-corrected chi connectivity index (χ4v) is 11.3. The average molecular weight is 388 g/mol. The van der Waals surface area contributed by atoms with Gasteiger partial charge in [-0.15, -0.1) is 23.1 Å². The van der Waals surface area contributed by atoms with Crippen molar-refractivity contribution in [3.8, 4) is 0 Å². The summed E-state index contributed by atoms with van der Waals surface area (Å²) in [6.07, 6.45) is 17.2. The van der Waals surface area contributed by atoms with Gasteiger partial charge in [-0.1, -0.05) is 53.4 Å². The van der Waals surface area contributed by atoms with Gasteiger partial charge in [-0.25, -0.2) is 0 Å². The van der Waals surface area contributed by atoms with Gasteiger partial charge in [0.2, 0.25) is 0 Å². The fraction of sp³-hybridized carbons (Fsp3) is 0.810. The Labute approximate surface area is 160 Å². The molecule has 0 spiro atoms. The molecule has 0 aromatic carbocycles. The summed E-state index contributed by atoms with van der Waals surface area (Å²) in [7, 11) is -0.785. The minimum absolute atomic E-state index is 0.785. The molecule has 0 unspecified atom stereocenters. The lowest BCUT2D eigenvalue weighted by molar-refractivity contribution is 0.832. The van der Waals surface area contributed by atoms with Crippen molar-refractivity contribution in [2.75, 3.05) is 24.2 Å². The Bertz CT molecular complexity index is 392. The molecule has 1 heterocycles. The van der Waals surface area contributed by atoms with Crippen LogP contribution in [0.4, 0.5) is 0 Å². The molecule has 0 saturated heterocycles. The molecule has 0 atom stereocenters. The quantitative estimate of drug-likeness (QED) is 0.165. The second-order valence-electron chi connectivity index (χ2n) is 7.15. The molecule has 0 aliphatic carbocycles. The second kappa shape index (κ2) is 13.7. The van der Waals surface area contributed by atoms with E-state index in [1.54, 1.807) is 27.6 Å². The van der Waals surface area contributed by atoms with Gasteiger partial charge in [0, 0.05) is 12.1 Å². The number of hydrogen-bond donors (Lipinski definition) is 0. The highest BCUT2D eigenvalue weighted by Crippen LogP contribution is 2.63. The van der Waals surface area contributed by atoms with Crippen LogP contribution in [0.25, 0.3) is 0 Å². The second-order valence-corrected chi connectivity index (χ2v) is 14.1. The maximum Gasteiger partial charge on any atom is 0.0935 e. The summed E-state index contributed by atoms with van der Waals surface area (Å²) in [6.45, 7) is 9.38. The van der Waals surface area contributed by atoms with E-state index in [0.717, 1.165) is 0 Å². The zero-order valence-corrected chi connectivity index (χ0v) is 19.1. The van der Waals surface area contributed by atoms with Gasteiger partial charge in [-0.2, -0.15) is 0 Å². The van der Waals surface area contributed by atoms with E-state index < -0.39 is 7.26 Å². The molecule has 0 N–H and O–H groups in total. The predicted octanol–water partition coefficient (Wildman–Crippen LogP) is 8.56. The van der Waals surface area contributed by atoms with Gasteiger partial charge in [0.15, 0.2) is 0 Å². The molecular weight excluding hydrogens is 347 g/mol. The summed E-state index contributed by atoms with van der Waals surface area (Å²) in [5, 5.41) is 0. The summed E-state index contributed by atoms with van der Waals surface area (Å²) in [5.74, 6) is 1.29. The third-order valence-electron chi connectivity index (χ3n) is 4.83. The Balaban J connectivity index is 2.76. The van der Waals surface area contributed by atoms with Gasteiger partial charge in [-0.05, 0) is 43.6 Å². The van der Waals surface area contributed by atoms with Crippen molar-refractivity contribution in [2.24, 2.45) is 0 Å². The van der Waals surface area contributed by atoms with E-state index in [0.29, 0.717) is 0 Å². The van der Waals surface area contributed by atoms with E-state index in [2.05, 4.69) is 62.9 Å². The highest BCUT2D eigenvalue weighted by atomic mass is 32.2. The topological polar surface area (TPSA) is 0 Å². The molecule has 1 aromatic heterocycles. The zero-order valence-electron chi connectivity index (χ0n) is 16.6. The third kappa shape index (κ3) is 8.72. The van der Waals surface area contributed by atoms with Crippen molar-refractivity contribution in [2.45, 2.75) is 89.4 Å². The van der Waals surface area contributed by atoms with Crippen molar-refractivity contribution >= 4 is 30.4 Å². The highest BCUT2D eigenvalue weighted by molar-refractivity contribution is 8.01. The predicted molar refractivity (Wildman–Crippen MR) is 120 cm³/mol. The smallest absolute Gasteiger partial charge is 0.0935 e. The lowest BCUT2D eigenvalue weighted by Gasteiger charge is -2.27. The molecule has 0 fully saturated rings. The molecule has 1 rings (SSSR count). The molecule has 0 nitrogen and oxygen atoms in total. The van der Waals surface area contributed by atoms with Crippen molar-refractivity contribution < 1.29 is 0 Å². The minimum Gasteiger partial charge on any atom is -0.130 e. The van der Waals surface area contributed by atoms with E-state index in [9.17, 15) is 0 Å². The molecule has 0 aliphatic heterocycles. The molecule has 0 bridgehead atoms. The lowest BCUT2D eigenvalue weighted by atomic mass is 10.4. The minimum atomic E-state index is -0.785. The number of thioether (sulfide) groups is 1.